The van der Waals surface area contributed by atoms with Crippen molar-refractivity contribution in [3.63, 3.8) is 0 Å². The highest BCUT2D eigenvalue weighted by atomic mass is 19.4. The minimum atomic E-state index is -4.74. The monoisotopic (exact) mass is 352 g/mol. The summed E-state index contributed by atoms with van der Waals surface area (Å²) < 4.78 is 40.0. The first kappa shape index (κ1) is 18.1. The Morgan fingerprint density at radius 3 is 2.40 bits per heavy atom. The lowest BCUT2D eigenvalue weighted by Crippen LogP contribution is -2.22. The third kappa shape index (κ3) is 6.05. The second-order valence-electron chi connectivity index (χ2n) is 4.96. The summed E-state index contributed by atoms with van der Waals surface area (Å²) in [5, 5.41) is 2.74. The van der Waals surface area contributed by atoms with Gasteiger partial charge in [-0.25, -0.2) is 4.99 Å². The third-order valence-electron chi connectivity index (χ3n) is 3.00. The van der Waals surface area contributed by atoms with Gasteiger partial charge in [-0.15, -0.1) is 13.2 Å². The van der Waals surface area contributed by atoms with E-state index in [4.69, 9.17) is 11.5 Å². The summed E-state index contributed by atoms with van der Waals surface area (Å²) in [6.07, 6.45) is -4.74. The number of carbonyl (C=O) groups is 1. The van der Waals surface area contributed by atoms with Crippen LogP contribution in [0.2, 0.25) is 0 Å². The lowest BCUT2D eigenvalue weighted by Gasteiger charge is -2.10. The maximum atomic E-state index is 12.1. The number of hydrogen-bond acceptors (Lipinski definition) is 3. The van der Waals surface area contributed by atoms with Crippen LogP contribution in [0.1, 0.15) is 15.9 Å². The summed E-state index contributed by atoms with van der Waals surface area (Å²) in [6.45, 7) is 0.204. The quantitative estimate of drug-likeness (QED) is 0.568. The van der Waals surface area contributed by atoms with Crippen molar-refractivity contribution in [1.82, 2.24) is 0 Å². The van der Waals surface area contributed by atoms with Crippen LogP contribution in [0, 0.1) is 0 Å². The molecule has 2 aromatic carbocycles. The number of hydrogen-bond donors (Lipinski definition) is 3. The molecule has 0 bridgehead atoms. The fourth-order valence-electron chi connectivity index (χ4n) is 1.93. The molecule has 0 unspecified atom stereocenters. The fraction of sp³-hybridized carbons (Fsp3) is 0.125. The van der Waals surface area contributed by atoms with E-state index >= 15 is 0 Å². The van der Waals surface area contributed by atoms with Crippen LogP contribution in [-0.4, -0.2) is 18.2 Å². The summed E-state index contributed by atoms with van der Waals surface area (Å²) >= 11 is 0. The molecule has 0 fully saturated rings. The number of nitrogens with one attached hydrogen (secondary N) is 1. The highest BCUT2D eigenvalue weighted by Crippen LogP contribution is 2.23. The van der Waals surface area contributed by atoms with E-state index < -0.39 is 12.3 Å². The van der Waals surface area contributed by atoms with Crippen LogP contribution in [0.3, 0.4) is 0 Å². The van der Waals surface area contributed by atoms with E-state index in [0.29, 0.717) is 11.3 Å². The van der Waals surface area contributed by atoms with E-state index in [9.17, 15) is 18.0 Å². The van der Waals surface area contributed by atoms with Crippen LogP contribution in [0.5, 0.6) is 5.75 Å². The van der Waals surface area contributed by atoms with Gasteiger partial charge in [0.25, 0.3) is 0 Å². The Morgan fingerprint density at radius 2 is 1.80 bits per heavy atom. The van der Waals surface area contributed by atoms with Gasteiger partial charge in [0.15, 0.2) is 5.96 Å². The summed E-state index contributed by atoms with van der Waals surface area (Å²) in [5.74, 6) is -0.816. The first-order valence-corrected chi connectivity index (χ1v) is 7.04. The molecule has 0 atom stereocenters. The minimum absolute atomic E-state index is 0.0639. The zero-order valence-corrected chi connectivity index (χ0v) is 12.9. The number of benzene rings is 2. The molecule has 0 aromatic heterocycles. The molecule has 5 N–H and O–H groups in total. The highest BCUT2D eigenvalue weighted by molar-refractivity contribution is 5.93. The fourth-order valence-corrected chi connectivity index (χ4v) is 1.93. The SMILES string of the molecule is NC(=O)c1cccc(CN=C(N)Nc2ccc(OC(F)(F)F)cc2)c1. The van der Waals surface area contributed by atoms with E-state index in [2.05, 4.69) is 15.0 Å². The molecule has 2 aromatic rings. The Balaban J connectivity index is 1.97. The average molecular weight is 352 g/mol. The van der Waals surface area contributed by atoms with Crippen molar-refractivity contribution in [2.45, 2.75) is 12.9 Å². The van der Waals surface area contributed by atoms with Gasteiger partial charge >= 0.3 is 6.36 Å². The number of carbonyl (C=O) groups excluding carboxylic acids is 1. The molecular weight excluding hydrogens is 337 g/mol. The van der Waals surface area contributed by atoms with Crippen LogP contribution in [0.15, 0.2) is 53.5 Å². The number of rotatable bonds is 5. The molecule has 132 valence electrons. The smallest absolute Gasteiger partial charge is 0.406 e. The number of amides is 1. The topological polar surface area (TPSA) is 103 Å². The number of primary amides is 1. The van der Waals surface area contributed by atoms with Gasteiger partial charge in [0.2, 0.25) is 5.91 Å². The van der Waals surface area contributed by atoms with E-state index in [1.165, 1.54) is 12.1 Å². The third-order valence-corrected chi connectivity index (χ3v) is 3.00. The molecule has 9 heteroatoms. The van der Waals surface area contributed by atoms with Gasteiger partial charge in [-0.2, -0.15) is 0 Å². The maximum Gasteiger partial charge on any atom is 0.573 e. The normalized spacial score (nSPS) is 11.9. The summed E-state index contributed by atoms with van der Waals surface area (Å²) in [4.78, 5) is 15.2. The van der Waals surface area contributed by atoms with Gasteiger partial charge < -0.3 is 21.5 Å². The van der Waals surface area contributed by atoms with Gasteiger partial charge in [0.1, 0.15) is 5.75 Å². The molecule has 0 aliphatic heterocycles. The van der Waals surface area contributed by atoms with E-state index in [1.54, 1.807) is 24.3 Å². The van der Waals surface area contributed by atoms with E-state index in [-0.39, 0.29) is 18.3 Å². The first-order valence-electron chi connectivity index (χ1n) is 7.04. The predicted octanol–water partition coefficient (Wildman–Crippen LogP) is 2.61. The Kier molecular flexibility index (Phi) is 5.48. The Morgan fingerprint density at radius 1 is 1.12 bits per heavy atom. The molecule has 0 heterocycles. The average Bonchev–Trinajstić information content (AvgIpc) is 2.54. The summed E-state index contributed by atoms with van der Waals surface area (Å²) in [7, 11) is 0. The van der Waals surface area contributed by atoms with Gasteiger partial charge in [-0.1, -0.05) is 12.1 Å². The van der Waals surface area contributed by atoms with Crippen molar-refractivity contribution >= 4 is 17.6 Å². The van der Waals surface area contributed by atoms with Crippen LogP contribution < -0.4 is 21.5 Å². The molecule has 0 aliphatic carbocycles. The molecule has 25 heavy (non-hydrogen) atoms. The maximum absolute atomic E-state index is 12.1. The van der Waals surface area contributed by atoms with Crippen molar-refractivity contribution in [2.75, 3.05) is 5.32 Å². The standard InChI is InChI=1S/C16H15F3N4O2/c17-16(18,19)25-13-6-4-12(5-7-13)23-15(21)22-9-10-2-1-3-11(8-10)14(20)24/h1-8H,9H2,(H2,20,24)(H3,21,22,23). The number of nitrogens with zero attached hydrogens (tertiary/aromatic N) is 1. The lowest BCUT2D eigenvalue weighted by molar-refractivity contribution is -0.274. The van der Waals surface area contributed by atoms with Gasteiger partial charge in [0, 0.05) is 11.3 Å². The number of nitrogens with two attached hydrogens (primary N) is 2. The van der Waals surface area contributed by atoms with E-state index in [1.807, 2.05) is 0 Å². The number of guanidine groups is 1. The zero-order valence-electron chi connectivity index (χ0n) is 12.9. The second-order valence-corrected chi connectivity index (χ2v) is 4.96. The molecule has 6 nitrogen and oxygen atoms in total. The number of anilines is 1. The lowest BCUT2D eigenvalue weighted by atomic mass is 10.1. The van der Waals surface area contributed by atoms with Crippen molar-refractivity contribution in [3.05, 3.63) is 59.7 Å². The molecule has 0 radical (unpaired) electrons. The molecule has 2 rings (SSSR count). The molecule has 0 aliphatic rings. The van der Waals surface area contributed by atoms with Crippen LogP contribution in [-0.2, 0) is 6.54 Å². The number of alkyl halides is 3. The molecule has 0 spiro atoms. The summed E-state index contributed by atoms with van der Waals surface area (Å²) in [6, 6.07) is 11.7. The van der Waals surface area contributed by atoms with Crippen molar-refractivity contribution in [1.29, 1.82) is 0 Å². The van der Waals surface area contributed by atoms with Crippen molar-refractivity contribution in [3.8, 4) is 5.75 Å². The van der Waals surface area contributed by atoms with Gasteiger partial charge in [-0.05, 0) is 42.0 Å². The molecule has 1 amide bonds. The summed E-state index contributed by atoms with van der Waals surface area (Å²) in [5.41, 5.74) is 12.5. The Hall–Kier alpha value is -3.23. The Labute approximate surface area is 141 Å². The largest absolute Gasteiger partial charge is 0.573 e. The molecule has 0 saturated heterocycles. The second kappa shape index (κ2) is 7.56. The molecular formula is C16H15F3N4O2. The van der Waals surface area contributed by atoms with Crippen LogP contribution in [0.25, 0.3) is 0 Å². The van der Waals surface area contributed by atoms with Crippen molar-refractivity contribution in [2.24, 2.45) is 16.5 Å². The minimum Gasteiger partial charge on any atom is -0.406 e. The predicted molar refractivity (Wildman–Crippen MR) is 87.0 cm³/mol. The van der Waals surface area contributed by atoms with Gasteiger partial charge in [0.05, 0.1) is 6.54 Å². The van der Waals surface area contributed by atoms with Crippen LogP contribution in [0.4, 0.5) is 18.9 Å². The van der Waals surface area contributed by atoms with E-state index in [0.717, 1.165) is 17.7 Å². The van der Waals surface area contributed by atoms with Gasteiger partial charge in [-0.3, -0.25) is 4.79 Å². The number of ether oxygens (including phenoxy) is 1. The Bertz CT molecular complexity index is 774. The number of halogens is 3. The number of aliphatic imine (C=N–C) groups is 1. The van der Waals surface area contributed by atoms with Crippen LogP contribution >= 0.6 is 0 Å². The first-order chi connectivity index (χ1) is 11.7. The van der Waals surface area contributed by atoms with Crippen molar-refractivity contribution < 1.29 is 22.7 Å². The zero-order chi connectivity index (χ0) is 18.4. The molecule has 0 saturated carbocycles. The highest BCUT2D eigenvalue weighted by Gasteiger charge is 2.30.